The Morgan fingerprint density at radius 2 is 1.66 bits per heavy atom. The maximum absolute atomic E-state index is 13.5. The van der Waals surface area contributed by atoms with Crippen molar-refractivity contribution in [2.75, 3.05) is 26.2 Å². The molecule has 0 amide bonds. The highest BCUT2D eigenvalue weighted by Crippen LogP contribution is 2.36. The summed E-state index contributed by atoms with van der Waals surface area (Å²) in [5.74, 6) is -2.80. The summed E-state index contributed by atoms with van der Waals surface area (Å²) in [5, 5.41) is 14.6. The highest BCUT2D eigenvalue weighted by molar-refractivity contribution is 7.11. The van der Waals surface area contributed by atoms with E-state index in [1.165, 1.54) is 11.3 Å². The summed E-state index contributed by atoms with van der Waals surface area (Å²) in [6, 6.07) is 19.3. The molecule has 3 aromatic rings. The lowest BCUT2D eigenvalue weighted by Gasteiger charge is -2.51. The molecule has 3 fully saturated rings. The van der Waals surface area contributed by atoms with E-state index in [-0.39, 0.29) is 17.9 Å². The molecule has 218 valence electrons. The number of thiazole rings is 1. The van der Waals surface area contributed by atoms with Crippen LogP contribution >= 0.6 is 11.3 Å². The number of piperidine rings is 3. The topological polar surface area (TPSA) is 108 Å². The number of Topliss-reactive ketones (excluding diaryl/α,β-unsaturated/α-hetero) is 1. The Kier molecular flexibility index (Phi) is 9.90. The molecule has 0 aliphatic carbocycles. The van der Waals surface area contributed by atoms with Crippen molar-refractivity contribution in [1.29, 1.82) is 0 Å². The van der Waals surface area contributed by atoms with Crippen LogP contribution in [0.5, 0.6) is 0 Å². The molecule has 2 aromatic carbocycles. The van der Waals surface area contributed by atoms with Gasteiger partial charge < -0.3 is 19.1 Å². The van der Waals surface area contributed by atoms with Crippen molar-refractivity contribution in [3.63, 3.8) is 0 Å². The molecule has 3 saturated heterocycles. The quantitative estimate of drug-likeness (QED) is 0.232. The van der Waals surface area contributed by atoms with Crippen molar-refractivity contribution >= 4 is 29.1 Å². The van der Waals surface area contributed by atoms with Crippen molar-refractivity contribution < 1.29 is 41.9 Å². The number of rotatable bonds is 9. The third kappa shape index (κ3) is 8.21. The van der Waals surface area contributed by atoms with Gasteiger partial charge in [0.1, 0.15) is 25.1 Å². The van der Waals surface area contributed by atoms with Crippen LogP contribution in [0.4, 0.5) is 13.2 Å². The van der Waals surface area contributed by atoms with Gasteiger partial charge in [-0.25, -0.2) is 9.78 Å². The number of carbonyl (C=O) groups is 3. The lowest BCUT2D eigenvalue weighted by Crippen LogP contribution is -2.65. The van der Waals surface area contributed by atoms with E-state index >= 15 is 0 Å². The number of carbonyl (C=O) groups excluding carboxylic acids is 3. The smallest absolute Gasteiger partial charge is 0.430 e. The van der Waals surface area contributed by atoms with Crippen LogP contribution < -0.4 is 10.4 Å². The molecule has 3 aliphatic rings. The van der Waals surface area contributed by atoms with Crippen LogP contribution in [0, 0.1) is 5.92 Å². The molecule has 1 unspecified atom stereocenters. The minimum Gasteiger partial charge on any atom is -0.542 e. The summed E-state index contributed by atoms with van der Waals surface area (Å²) in [6.07, 6.45) is -1.71. The van der Waals surface area contributed by atoms with Crippen LogP contribution in [-0.4, -0.2) is 65.6 Å². The number of aromatic nitrogens is 1. The number of esters is 1. The van der Waals surface area contributed by atoms with Gasteiger partial charge in [-0.15, -0.1) is 11.3 Å². The van der Waals surface area contributed by atoms with Crippen LogP contribution in [0.25, 0.3) is 0 Å². The predicted octanol–water partition coefficient (Wildman–Crippen LogP) is 3.31. The average Bonchev–Trinajstić information content (AvgIpc) is 3.50. The highest BCUT2D eigenvalue weighted by Gasteiger charge is 2.49. The Balaban J connectivity index is 0.000000493. The number of carboxylic acids is 1. The Labute approximate surface area is 239 Å². The third-order valence-electron chi connectivity index (χ3n) is 7.41. The fourth-order valence-corrected chi connectivity index (χ4v) is 5.89. The zero-order chi connectivity index (χ0) is 29.5. The highest BCUT2D eigenvalue weighted by atomic mass is 32.1. The van der Waals surface area contributed by atoms with Gasteiger partial charge in [0.05, 0.1) is 13.1 Å². The summed E-state index contributed by atoms with van der Waals surface area (Å²) in [6.45, 7) is 3.64. The summed E-state index contributed by atoms with van der Waals surface area (Å²) in [5.41, 5.74) is 2.01. The Bertz CT molecular complexity index is 1300. The largest absolute Gasteiger partial charge is 0.542 e. The van der Waals surface area contributed by atoms with E-state index in [1.807, 2.05) is 66.0 Å². The molecule has 0 saturated carbocycles. The molecule has 0 radical (unpaired) electrons. The maximum Gasteiger partial charge on any atom is 0.430 e. The van der Waals surface area contributed by atoms with Crippen molar-refractivity contribution in [3.8, 4) is 0 Å². The molecular formula is C29H30F3N3O5S. The number of alkyl halides is 3. The number of hydrogen-bond donors (Lipinski definition) is 1. The number of quaternary nitrogens is 1. The molecule has 8 nitrogen and oxygen atoms in total. The second kappa shape index (κ2) is 13.4. The first-order valence-electron chi connectivity index (χ1n) is 13.1. The minimum absolute atomic E-state index is 0.0899. The number of aliphatic carboxylic acids is 1. The molecular weight excluding hydrogens is 559 g/mol. The number of benzene rings is 2. The molecule has 3 aliphatic heterocycles. The Morgan fingerprint density at radius 1 is 1.05 bits per heavy atom. The zero-order valence-corrected chi connectivity index (χ0v) is 22.9. The van der Waals surface area contributed by atoms with E-state index in [0.717, 1.165) is 37.1 Å². The number of halogens is 3. The fourth-order valence-electron chi connectivity index (χ4n) is 5.33. The first kappa shape index (κ1) is 30.4. The molecule has 1 aromatic heterocycles. The second-order valence-corrected chi connectivity index (χ2v) is 11.1. The van der Waals surface area contributed by atoms with Gasteiger partial charge in [-0.2, -0.15) is 13.2 Å². The summed E-state index contributed by atoms with van der Waals surface area (Å²) in [7, 11) is 0. The monoisotopic (exact) mass is 589 g/mol. The van der Waals surface area contributed by atoms with E-state index in [1.54, 1.807) is 6.20 Å². The average molecular weight is 590 g/mol. The normalized spacial score (nSPS) is 22.2. The number of fused-ring (bicyclic) bond motifs is 3. The Hall–Kier alpha value is -3.61. The number of ether oxygens (including phenoxy) is 1. The van der Waals surface area contributed by atoms with E-state index in [9.17, 15) is 22.8 Å². The van der Waals surface area contributed by atoms with Gasteiger partial charge in [-0.05, 0) is 11.1 Å². The van der Waals surface area contributed by atoms with E-state index in [0.29, 0.717) is 35.0 Å². The Morgan fingerprint density at radius 3 is 2.22 bits per heavy atom. The van der Waals surface area contributed by atoms with Crippen LogP contribution in [0.1, 0.15) is 39.8 Å². The minimum atomic E-state index is -5.19. The van der Waals surface area contributed by atoms with E-state index in [4.69, 9.17) is 14.6 Å². The second-order valence-electron chi connectivity index (χ2n) is 10.2. The number of ketones is 1. The first-order chi connectivity index (χ1) is 19.6. The van der Waals surface area contributed by atoms with Crippen molar-refractivity contribution in [3.05, 3.63) is 88.4 Å². The van der Waals surface area contributed by atoms with Crippen LogP contribution in [0.3, 0.4) is 0 Å². The number of hydrogen-bond acceptors (Lipinski definition) is 8. The van der Waals surface area contributed by atoms with Crippen LogP contribution in [0.2, 0.25) is 0 Å². The molecule has 4 heterocycles. The molecule has 0 spiro atoms. The van der Waals surface area contributed by atoms with E-state index in [2.05, 4.69) is 10.3 Å². The van der Waals surface area contributed by atoms with Crippen molar-refractivity contribution in [2.45, 2.75) is 37.7 Å². The lowest BCUT2D eigenvalue weighted by atomic mass is 9.83. The van der Waals surface area contributed by atoms with Gasteiger partial charge in [0.25, 0.3) is 0 Å². The summed E-state index contributed by atoms with van der Waals surface area (Å²) >= 11 is 1.39. The third-order valence-corrected chi connectivity index (χ3v) is 8.23. The van der Waals surface area contributed by atoms with Crippen molar-refractivity contribution in [2.24, 2.45) is 5.92 Å². The van der Waals surface area contributed by atoms with E-state index < -0.39 is 18.2 Å². The molecule has 2 atom stereocenters. The van der Waals surface area contributed by atoms with Crippen molar-refractivity contribution in [1.82, 2.24) is 10.3 Å². The lowest BCUT2D eigenvalue weighted by molar-refractivity contribution is -0.938. The number of nitrogens with zero attached hydrogens (tertiary/aromatic N) is 2. The van der Waals surface area contributed by atoms with Crippen LogP contribution in [0.15, 0.2) is 72.2 Å². The number of nitrogens with one attached hydrogen (secondary N) is 1. The number of carboxylic acid groups (broad SMARTS) is 1. The molecule has 2 bridgehead atoms. The SMILES string of the molecule is O=C(C[N+]12CCC(CC1)[C@@H](OC(=O)C(NCc1ccccc1)c1ccccc1)C2)c1nccs1.O=C([O-])C(F)(F)F. The molecule has 41 heavy (non-hydrogen) atoms. The van der Waals surface area contributed by atoms with Gasteiger partial charge in [0.2, 0.25) is 5.78 Å². The molecule has 6 rings (SSSR count). The van der Waals surface area contributed by atoms with Crippen LogP contribution in [-0.2, 0) is 20.9 Å². The zero-order valence-electron chi connectivity index (χ0n) is 22.1. The predicted molar refractivity (Wildman–Crippen MR) is 142 cm³/mol. The fraction of sp³-hybridized carbons (Fsp3) is 0.379. The van der Waals surface area contributed by atoms with Gasteiger partial charge in [0.15, 0.2) is 11.1 Å². The first-order valence-corrected chi connectivity index (χ1v) is 14.0. The molecule has 1 N–H and O–H groups in total. The van der Waals surface area contributed by atoms with Gasteiger partial charge in [-0.1, -0.05) is 60.7 Å². The molecule has 12 heteroatoms. The standard InChI is InChI=1S/C27H30N3O3S.C2HF3O2/c31-23(26-28-13-16-34-26)18-30-14-11-21(12-15-30)24(19-30)33-27(32)25(22-9-5-2-6-10-22)29-17-20-7-3-1-4-8-20;3-2(4,5)1(6)7/h1-10,13,16,21,24-25,29H,11-12,14-15,17-19H2;(H,6,7)/q+1;/p-1/t21?,24-,25?,30?;/m0./s1. The van der Waals surface area contributed by atoms with Gasteiger partial charge in [0, 0.05) is 36.9 Å². The summed E-state index contributed by atoms with van der Waals surface area (Å²) in [4.78, 5) is 39.2. The van der Waals surface area contributed by atoms with Gasteiger partial charge in [-0.3, -0.25) is 10.1 Å². The van der Waals surface area contributed by atoms with Gasteiger partial charge >= 0.3 is 12.1 Å². The summed E-state index contributed by atoms with van der Waals surface area (Å²) < 4.78 is 38.4. The maximum atomic E-state index is 13.5.